The number of ether oxygens (including phenoxy) is 1. The van der Waals surface area contributed by atoms with Gasteiger partial charge in [0.1, 0.15) is 6.04 Å². The van der Waals surface area contributed by atoms with E-state index < -0.39 is 37.0 Å². The zero-order valence-electron chi connectivity index (χ0n) is 6.60. The molecule has 0 unspecified atom stereocenters. The van der Waals surface area contributed by atoms with Crippen molar-refractivity contribution in [3.05, 3.63) is 0 Å². The molecule has 0 radical (unpaired) electrons. The van der Waals surface area contributed by atoms with Crippen LogP contribution in [0.1, 0.15) is 6.42 Å². The molecule has 0 aromatic carbocycles. The zero-order valence-corrected chi connectivity index (χ0v) is 6.60. The molecule has 0 aromatic heterocycles. The fourth-order valence-corrected chi connectivity index (χ4v) is 0.468. The molecular weight excluding hydrogens is 205 g/mol. The van der Waals surface area contributed by atoms with Gasteiger partial charge in [-0.15, -0.1) is 0 Å². The molecule has 0 aliphatic heterocycles. The molecule has 0 spiro atoms. The number of rotatable bonds is 5. The molecule has 0 aliphatic rings. The first-order valence-corrected chi connectivity index (χ1v) is 3.29. The first-order valence-electron chi connectivity index (χ1n) is 3.29. The van der Waals surface area contributed by atoms with Crippen LogP contribution >= 0.6 is 0 Å². The summed E-state index contributed by atoms with van der Waals surface area (Å²) in [6, 6.07) is -1.36. The standard InChI is InChI=1S/C6H9NO6.Na.H/c7-3(6(11)12)1-5(10)13-2-4(8)9;;/h3H,1-2,7H2,(H,8,9)(H,11,12);;/t3-;;/m0../s1. The average molecular weight is 215 g/mol. The molecule has 0 aromatic rings. The number of hydrogen-bond acceptors (Lipinski definition) is 5. The fourth-order valence-electron chi connectivity index (χ4n) is 0.468. The van der Waals surface area contributed by atoms with E-state index in [2.05, 4.69) is 4.74 Å². The molecule has 0 amide bonds. The third kappa shape index (κ3) is 7.99. The summed E-state index contributed by atoms with van der Waals surface area (Å²) in [4.78, 5) is 30.7. The van der Waals surface area contributed by atoms with Crippen LogP contribution in [0.2, 0.25) is 0 Å². The van der Waals surface area contributed by atoms with Gasteiger partial charge in [0.25, 0.3) is 0 Å². The fraction of sp³-hybridized carbons (Fsp3) is 0.500. The Morgan fingerprint density at radius 2 is 1.79 bits per heavy atom. The van der Waals surface area contributed by atoms with Crippen molar-refractivity contribution in [2.45, 2.75) is 12.5 Å². The predicted octanol–water partition coefficient (Wildman–Crippen LogP) is -2.23. The van der Waals surface area contributed by atoms with Crippen molar-refractivity contribution in [1.29, 1.82) is 0 Å². The summed E-state index contributed by atoms with van der Waals surface area (Å²) in [7, 11) is 0. The van der Waals surface area contributed by atoms with Crippen molar-refractivity contribution >= 4 is 47.5 Å². The molecule has 0 saturated carbocycles. The van der Waals surface area contributed by atoms with Crippen LogP contribution in [0.25, 0.3) is 0 Å². The second-order valence-electron chi connectivity index (χ2n) is 2.20. The van der Waals surface area contributed by atoms with Crippen molar-refractivity contribution in [2.75, 3.05) is 6.61 Å². The Kier molecular flexibility index (Phi) is 8.75. The molecule has 0 aliphatic carbocycles. The Morgan fingerprint density at radius 3 is 2.14 bits per heavy atom. The van der Waals surface area contributed by atoms with Gasteiger partial charge in [0.05, 0.1) is 6.42 Å². The Morgan fingerprint density at radius 1 is 1.29 bits per heavy atom. The van der Waals surface area contributed by atoms with Crippen molar-refractivity contribution in [2.24, 2.45) is 5.73 Å². The third-order valence-corrected chi connectivity index (χ3v) is 1.06. The van der Waals surface area contributed by atoms with Crippen LogP contribution < -0.4 is 5.73 Å². The number of carboxylic acid groups (broad SMARTS) is 2. The molecule has 0 rings (SSSR count). The second kappa shape index (κ2) is 7.74. The number of carbonyl (C=O) groups is 3. The summed E-state index contributed by atoms with van der Waals surface area (Å²) < 4.78 is 4.14. The van der Waals surface area contributed by atoms with E-state index >= 15 is 0 Å². The topological polar surface area (TPSA) is 127 Å². The summed E-state index contributed by atoms with van der Waals surface area (Å²) in [6.45, 7) is -0.787. The first kappa shape index (κ1) is 15.8. The van der Waals surface area contributed by atoms with E-state index in [9.17, 15) is 14.4 Å². The number of esters is 1. The molecule has 4 N–H and O–H groups in total. The minimum absolute atomic E-state index is 0. The van der Waals surface area contributed by atoms with E-state index in [-0.39, 0.29) is 29.6 Å². The first-order chi connectivity index (χ1) is 5.93. The predicted molar refractivity (Wildman–Crippen MR) is 46.0 cm³/mol. The number of carbonyl (C=O) groups excluding carboxylic acids is 1. The van der Waals surface area contributed by atoms with Crippen LogP contribution in [0.5, 0.6) is 0 Å². The molecule has 14 heavy (non-hydrogen) atoms. The second-order valence-corrected chi connectivity index (χ2v) is 2.20. The van der Waals surface area contributed by atoms with Crippen LogP contribution in [0, 0.1) is 0 Å². The molecule has 8 heteroatoms. The van der Waals surface area contributed by atoms with Gasteiger partial charge in [-0.25, -0.2) is 4.79 Å². The minimum atomic E-state index is -1.36. The molecule has 0 saturated heterocycles. The van der Waals surface area contributed by atoms with Crippen LogP contribution in [-0.4, -0.2) is 70.3 Å². The van der Waals surface area contributed by atoms with Crippen LogP contribution in [0.15, 0.2) is 0 Å². The zero-order chi connectivity index (χ0) is 10.4. The summed E-state index contributed by atoms with van der Waals surface area (Å²) in [5.74, 6) is -3.60. The monoisotopic (exact) mass is 215 g/mol. The summed E-state index contributed by atoms with van der Waals surface area (Å²) in [5.41, 5.74) is 4.98. The van der Waals surface area contributed by atoms with Crippen molar-refractivity contribution in [1.82, 2.24) is 0 Å². The van der Waals surface area contributed by atoms with Gasteiger partial charge in [0, 0.05) is 0 Å². The summed E-state index contributed by atoms with van der Waals surface area (Å²) in [6.07, 6.45) is -0.539. The van der Waals surface area contributed by atoms with E-state index in [1.165, 1.54) is 0 Å². The van der Waals surface area contributed by atoms with Gasteiger partial charge in [-0.2, -0.15) is 0 Å². The Bertz CT molecular complexity index is 230. The van der Waals surface area contributed by atoms with Crippen molar-refractivity contribution in [3.63, 3.8) is 0 Å². The van der Waals surface area contributed by atoms with Gasteiger partial charge in [-0.05, 0) is 0 Å². The van der Waals surface area contributed by atoms with Crippen molar-refractivity contribution < 1.29 is 29.3 Å². The summed E-state index contributed by atoms with van der Waals surface area (Å²) in [5, 5.41) is 16.3. The molecule has 76 valence electrons. The van der Waals surface area contributed by atoms with Gasteiger partial charge in [0.15, 0.2) is 6.61 Å². The van der Waals surface area contributed by atoms with E-state index in [0.717, 1.165) is 0 Å². The average Bonchev–Trinajstić information content (AvgIpc) is 2.00. The number of nitrogens with two attached hydrogens (primary N) is 1. The Labute approximate surface area is 102 Å². The molecule has 0 heterocycles. The van der Waals surface area contributed by atoms with Gasteiger partial charge < -0.3 is 20.7 Å². The normalized spacial score (nSPS) is 10.9. The van der Waals surface area contributed by atoms with Gasteiger partial charge >= 0.3 is 47.5 Å². The summed E-state index contributed by atoms with van der Waals surface area (Å²) >= 11 is 0. The van der Waals surface area contributed by atoms with E-state index in [1.54, 1.807) is 0 Å². The molecule has 1 atom stereocenters. The van der Waals surface area contributed by atoms with Crippen molar-refractivity contribution in [3.8, 4) is 0 Å². The molecule has 0 bridgehead atoms. The van der Waals surface area contributed by atoms with Crippen LogP contribution in [-0.2, 0) is 19.1 Å². The molecular formula is C6H10NNaO6. The number of aliphatic carboxylic acids is 2. The Hall–Kier alpha value is -0.630. The maximum atomic E-state index is 10.6. The molecule has 0 fully saturated rings. The third-order valence-electron chi connectivity index (χ3n) is 1.06. The van der Waals surface area contributed by atoms with E-state index in [4.69, 9.17) is 15.9 Å². The number of hydrogen-bond donors (Lipinski definition) is 3. The Balaban J connectivity index is 0. The quantitative estimate of drug-likeness (QED) is 0.349. The van der Waals surface area contributed by atoms with Gasteiger partial charge in [-0.1, -0.05) is 0 Å². The number of carboxylic acids is 2. The van der Waals surface area contributed by atoms with Gasteiger partial charge in [0.2, 0.25) is 0 Å². The van der Waals surface area contributed by atoms with E-state index in [1.807, 2.05) is 0 Å². The van der Waals surface area contributed by atoms with Crippen LogP contribution in [0.3, 0.4) is 0 Å². The van der Waals surface area contributed by atoms with Gasteiger partial charge in [-0.3, -0.25) is 9.59 Å². The van der Waals surface area contributed by atoms with Crippen LogP contribution in [0.4, 0.5) is 0 Å². The SMILES string of the molecule is N[C@@H](CC(=O)OCC(=O)O)C(=O)O.[NaH]. The molecule has 7 nitrogen and oxygen atoms in total. The maximum absolute atomic E-state index is 10.6. The van der Waals surface area contributed by atoms with E-state index in [0.29, 0.717) is 0 Å².